The Bertz CT molecular complexity index is 894. The van der Waals surface area contributed by atoms with Gasteiger partial charge in [-0.1, -0.05) is 12.1 Å². The third-order valence-electron chi connectivity index (χ3n) is 3.19. The molecule has 96 valence electrons. The molecule has 0 spiro atoms. The van der Waals surface area contributed by atoms with Gasteiger partial charge in [0, 0.05) is 29.4 Å². The van der Waals surface area contributed by atoms with Crippen LogP contribution in [0, 0.1) is 0 Å². The molecule has 0 fully saturated rings. The van der Waals surface area contributed by atoms with Gasteiger partial charge >= 0.3 is 0 Å². The summed E-state index contributed by atoms with van der Waals surface area (Å²) in [6.07, 6.45) is 6.87. The highest BCUT2D eigenvalue weighted by Crippen LogP contribution is 2.32. The van der Waals surface area contributed by atoms with Gasteiger partial charge in [-0.25, -0.2) is 4.98 Å². The lowest BCUT2D eigenvalue weighted by Crippen LogP contribution is -1.89. The number of rotatable bonds is 2. The molecule has 4 rings (SSSR count). The van der Waals surface area contributed by atoms with Crippen molar-refractivity contribution in [2.45, 2.75) is 0 Å². The van der Waals surface area contributed by atoms with Crippen molar-refractivity contribution in [2.24, 2.45) is 0 Å². The molecule has 0 saturated carbocycles. The second kappa shape index (κ2) is 4.35. The van der Waals surface area contributed by atoms with E-state index < -0.39 is 0 Å². The number of benzene rings is 1. The minimum atomic E-state index is 0.542. The molecule has 3 heterocycles. The molecule has 0 saturated heterocycles. The summed E-state index contributed by atoms with van der Waals surface area (Å²) in [5.41, 5.74) is 0.761. The molecule has 0 aliphatic carbocycles. The minimum Gasteiger partial charge on any atom is -0.464 e. The molecule has 0 atom stereocenters. The number of furan rings is 1. The van der Waals surface area contributed by atoms with E-state index in [1.54, 1.807) is 18.7 Å². The topological polar surface area (TPSA) is 48.2 Å². The lowest BCUT2D eigenvalue weighted by atomic mass is 10.1. The second-order valence-electron chi connectivity index (χ2n) is 4.40. The molecule has 0 unspecified atom stereocenters. The van der Waals surface area contributed by atoms with Crippen molar-refractivity contribution in [2.75, 3.05) is 0 Å². The van der Waals surface area contributed by atoms with Crippen LogP contribution in [0.4, 0.5) is 0 Å². The van der Waals surface area contributed by atoms with Crippen LogP contribution in [0.15, 0.2) is 65.7 Å². The van der Waals surface area contributed by atoms with Gasteiger partial charge in [0.2, 0.25) is 5.88 Å². The van der Waals surface area contributed by atoms with E-state index in [1.807, 2.05) is 42.6 Å². The van der Waals surface area contributed by atoms with Crippen LogP contribution in [0.25, 0.3) is 21.7 Å². The van der Waals surface area contributed by atoms with Gasteiger partial charge in [-0.2, -0.15) is 0 Å². The molecule has 0 radical (unpaired) electrons. The van der Waals surface area contributed by atoms with Crippen LogP contribution >= 0.6 is 0 Å². The molecule has 1 aromatic carbocycles. The minimum absolute atomic E-state index is 0.542. The Hall–Kier alpha value is -2.88. The molecule has 0 aliphatic rings. The maximum Gasteiger partial charge on any atom is 0.230 e. The first-order chi connectivity index (χ1) is 9.92. The molecule has 0 bridgehead atoms. The Morgan fingerprint density at radius 3 is 2.95 bits per heavy atom. The Labute approximate surface area is 114 Å². The van der Waals surface area contributed by atoms with E-state index >= 15 is 0 Å². The van der Waals surface area contributed by atoms with Gasteiger partial charge in [0.1, 0.15) is 11.3 Å². The van der Waals surface area contributed by atoms with E-state index in [2.05, 4.69) is 9.97 Å². The van der Waals surface area contributed by atoms with Crippen LogP contribution < -0.4 is 4.74 Å². The van der Waals surface area contributed by atoms with Crippen molar-refractivity contribution < 1.29 is 9.15 Å². The van der Waals surface area contributed by atoms with Gasteiger partial charge in [0.25, 0.3) is 0 Å². The summed E-state index contributed by atoms with van der Waals surface area (Å²) in [6.45, 7) is 0. The zero-order valence-electron chi connectivity index (χ0n) is 10.5. The average molecular weight is 262 g/mol. The summed E-state index contributed by atoms with van der Waals surface area (Å²) in [6, 6.07) is 11.5. The fraction of sp³-hybridized carbons (Fsp3) is 0. The molecule has 4 aromatic rings. The predicted octanol–water partition coefficient (Wildman–Crippen LogP) is 4.17. The highest BCUT2D eigenvalue weighted by Gasteiger charge is 2.09. The normalized spacial score (nSPS) is 11.0. The summed E-state index contributed by atoms with van der Waals surface area (Å²) in [5, 5.41) is 2.90. The summed E-state index contributed by atoms with van der Waals surface area (Å²) in [4.78, 5) is 8.40. The Balaban J connectivity index is 1.87. The van der Waals surface area contributed by atoms with Crippen LogP contribution in [-0.4, -0.2) is 9.97 Å². The SMILES string of the molecule is c1cc(Oc2nccc3occc23)c2ccncc2c1. The monoisotopic (exact) mass is 262 g/mol. The number of nitrogens with zero attached hydrogens (tertiary/aromatic N) is 2. The predicted molar refractivity (Wildman–Crippen MR) is 75.8 cm³/mol. The fourth-order valence-electron chi connectivity index (χ4n) is 2.24. The quantitative estimate of drug-likeness (QED) is 0.544. The van der Waals surface area contributed by atoms with Gasteiger partial charge in [-0.05, 0) is 24.3 Å². The first-order valence-corrected chi connectivity index (χ1v) is 6.24. The number of fused-ring (bicyclic) bond motifs is 2. The Kier molecular flexibility index (Phi) is 2.39. The van der Waals surface area contributed by atoms with Gasteiger partial charge in [0.05, 0.1) is 11.6 Å². The Morgan fingerprint density at radius 2 is 1.95 bits per heavy atom. The zero-order valence-corrected chi connectivity index (χ0v) is 10.5. The second-order valence-corrected chi connectivity index (χ2v) is 4.40. The first kappa shape index (κ1) is 11.0. The van der Waals surface area contributed by atoms with E-state index in [0.29, 0.717) is 5.88 Å². The van der Waals surface area contributed by atoms with Crippen LogP contribution in [0.3, 0.4) is 0 Å². The van der Waals surface area contributed by atoms with Crippen molar-refractivity contribution in [3.8, 4) is 11.6 Å². The third-order valence-corrected chi connectivity index (χ3v) is 3.19. The van der Waals surface area contributed by atoms with Crippen molar-refractivity contribution >= 4 is 21.7 Å². The number of hydrogen-bond acceptors (Lipinski definition) is 4. The van der Waals surface area contributed by atoms with Crippen LogP contribution in [-0.2, 0) is 0 Å². The van der Waals surface area contributed by atoms with Gasteiger partial charge < -0.3 is 9.15 Å². The average Bonchev–Trinajstić information content (AvgIpc) is 2.97. The molecule has 0 aliphatic heterocycles. The highest BCUT2D eigenvalue weighted by atomic mass is 16.5. The molecular formula is C16H10N2O2. The summed E-state index contributed by atoms with van der Waals surface area (Å²) in [7, 11) is 0. The van der Waals surface area contributed by atoms with Gasteiger partial charge in [-0.15, -0.1) is 0 Å². The molecule has 20 heavy (non-hydrogen) atoms. The number of aromatic nitrogens is 2. The van der Waals surface area contributed by atoms with Crippen molar-refractivity contribution in [3.05, 3.63) is 61.3 Å². The standard InChI is InChI=1S/C16H10N2O2/c1-2-11-10-17-7-4-12(11)15(3-1)20-16-13-6-9-19-14(13)5-8-18-16/h1-10H. The maximum atomic E-state index is 5.96. The highest BCUT2D eigenvalue weighted by molar-refractivity contribution is 5.88. The van der Waals surface area contributed by atoms with Crippen molar-refractivity contribution in [3.63, 3.8) is 0 Å². The first-order valence-electron chi connectivity index (χ1n) is 6.24. The molecule has 4 heteroatoms. The van der Waals surface area contributed by atoms with Crippen LogP contribution in [0.1, 0.15) is 0 Å². The van der Waals surface area contributed by atoms with Gasteiger partial charge in [0.15, 0.2) is 0 Å². The van der Waals surface area contributed by atoms with E-state index in [4.69, 9.17) is 9.15 Å². The smallest absolute Gasteiger partial charge is 0.230 e. The van der Waals surface area contributed by atoms with E-state index in [1.165, 1.54) is 0 Å². The number of hydrogen-bond donors (Lipinski definition) is 0. The number of ether oxygens (including phenoxy) is 1. The van der Waals surface area contributed by atoms with Crippen molar-refractivity contribution in [1.82, 2.24) is 9.97 Å². The zero-order chi connectivity index (χ0) is 13.4. The van der Waals surface area contributed by atoms with Crippen molar-refractivity contribution in [1.29, 1.82) is 0 Å². The molecule has 3 aromatic heterocycles. The largest absolute Gasteiger partial charge is 0.464 e. The lowest BCUT2D eigenvalue weighted by Gasteiger charge is -2.08. The van der Waals surface area contributed by atoms with E-state index in [0.717, 1.165) is 27.5 Å². The molecule has 0 amide bonds. The van der Waals surface area contributed by atoms with Crippen LogP contribution in [0.2, 0.25) is 0 Å². The summed E-state index contributed by atoms with van der Waals surface area (Å²) < 4.78 is 11.3. The molecule has 0 N–H and O–H groups in total. The van der Waals surface area contributed by atoms with Gasteiger partial charge in [-0.3, -0.25) is 4.98 Å². The third kappa shape index (κ3) is 1.70. The lowest BCUT2D eigenvalue weighted by molar-refractivity contribution is 0.474. The van der Waals surface area contributed by atoms with E-state index in [9.17, 15) is 0 Å². The summed E-state index contributed by atoms with van der Waals surface area (Å²) >= 11 is 0. The molecule has 4 nitrogen and oxygen atoms in total. The molecular weight excluding hydrogens is 252 g/mol. The maximum absolute atomic E-state index is 5.96. The number of pyridine rings is 2. The van der Waals surface area contributed by atoms with E-state index in [-0.39, 0.29) is 0 Å². The summed E-state index contributed by atoms with van der Waals surface area (Å²) in [5.74, 6) is 1.30. The fourth-order valence-corrected chi connectivity index (χ4v) is 2.24. The van der Waals surface area contributed by atoms with Crippen LogP contribution in [0.5, 0.6) is 11.6 Å². The Morgan fingerprint density at radius 1 is 0.950 bits per heavy atom.